The van der Waals surface area contributed by atoms with Gasteiger partial charge in [0.25, 0.3) is 0 Å². The first-order valence-corrected chi connectivity index (χ1v) is 7.83. The lowest BCUT2D eigenvalue weighted by molar-refractivity contribution is -0.148. The number of carbonyl (C=O) groups is 1. The van der Waals surface area contributed by atoms with E-state index in [0.717, 1.165) is 0 Å². The number of ether oxygens (including phenoxy) is 2. The van der Waals surface area contributed by atoms with E-state index in [1.165, 1.54) is 25.3 Å². The van der Waals surface area contributed by atoms with Crippen LogP contribution in [0.5, 0.6) is 17.2 Å². The molecule has 7 heteroatoms. The van der Waals surface area contributed by atoms with E-state index in [2.05, 4.69) is 0 Å². The minimum Gasteiger partial charge on any atom is -0.504 e. The van der Waals surface area contributed by atoms with Gasteiger partial charge in [0.15, 0.2) is 11.5 Å². The molecular formula is C19H14O7. The first-order chi connectivity index (χ1) is 12.5. The zero-order chi connectivity index (χ0) is 18.4. The number of rotatable bonds is 2. The molecule has 0 bridgehead atoms. The van der Waals surface area contributed by atoms with Gasteiger partial charge in [0, 0.05) is 0 Å². The van der Waals surface area contributed by atoms with E-state index in [1.807, 2.05) is 0 Å². The van der Waals surface area contributed by atoms with Crippen LogP contribution in [0, 0.1) is 0 Å². The van der Waals surface area contributed by atoms with Crippen LogP contribution in [0.25, 0.3) is 11.0 Å². The third-order valence-corrected chi connectivity index (χ3v) is 4.45. The van der Waals surface area contributed by atoms with Gasteiger partial charge in [-0.15, -0.1) is 0 Å². The standard InChI is InChI=1S/C19H14O7/c1-24-19(23)17-14(9-6-7-11(20)12(21)8-9)15-16(26-17)10-4-2-3-5-13(10)25-18(15)22/h2-8,14,17,20-21H,1H3/t14-,17+/m0/s1. The van der Waals surface area contributed by atoms with Crippen LogP contribution in [-0.4, -0.2) is 29.4 Å². The highest BCUT2D eigenvalue weighted by molar-refractivity contribution is 5.88. The van der Waals surface area contributed by atoms with Gasteiger partial charge in [0.1, 0.15) is 11.3 Å². The SMILES string of the molecule is COC(=O)[C@@H]1Oc2c(c(=O)oc3ccccc23)[C@@H]1c1ccc(O)c(O)c1. The third-order valence-electron chi connectivity index (χ3n) is 4.45. The lowest BCUT2D eigenvalue weighted by Gasteiger charge is -2.17. The van der Waals surface area contributed by atoms with Gasteiger partial charge in [-0.3, -0.25) is 0 Å². The van der Waals surface area contributed by atoms with Crippen molar-refractivity contribution in [1.29, 1.82) is 0 Å². The Morgan fingerprint density at radius 3 is 2.62 bits per heavy atom. The average Bonchev–Trinajstić information content (AvgIpc) is 3.05. The van der Waals surface area contributed by atoms with E-state index in [1.54, 1.807) is 24.3 Å². The van der Waals surface area contributed by atoms with Gasteiger partial charge in [-0.2, -0.15) is 0 Å². The molecule has 0 aliphatic carbocycles. The van der Waals surface area contributed by atoms with Crippen molar-refractivity contribution < 1.29 is 28.9 Å². The molecule has 0 saturated heterocycles. The summed E-state index contributed by atoms with van der Waals surface area (Å²) >= 11 is 0. The van der Waals surface area contributed by atoms with E-state index in [9.17, 15) is 19.8 Å². The van der Waals surface area contributed by atoms with Gasteiger partial charge in [0.05, 0.1) is 24.0 Å². The molecule has 0 fully saturated rings. The summed E-state index contributed by atoms with van der Waals surface area (Å²) in [6.45, 7) is 0. The molecule has 3 aromatic rings. The van der Waals surface area contributed by atoms with Crippen molar-refractivity contribution >= 4 is 16.9 Å². The molecule has 4 rings (SSSR count). The second-order valence-corrected chi connectivity index (χ2v) is 5.92. The first kappa shape index (κ1) is 16.0. The Bertz CT molecular complexity index is 1080. The van der Waals surface area contributed by atoms with Crippen LogP contribution in [0.3, 0.4) is 0 Å². The maximum atomic E-state index is 12.6. The molecule has 26 heavy (non-hydrogen) atoms. The number of benzene rings is 2. The topological polar surface area (TPSA) is 106 Å². The van der Waals surface area contributed by atoms with E-state index in [-0.39, 0.29) is 22.8 Å². The molecule has 2 heterocycles. The van der Waals surface area contributed by atoms with Crippen molar-refractivity contribution in [3.8, 4) is 17.2 Å². The largest absolute Gasteiger partial charge is 0.504 e. The zero-order valence-electron chi connectivity index (χ0n) is 13.6. The highest BCUT2D eigenvalue weighted by Gasteiger charge is 2.45. The normalized spacial score (nSPS) is 18.3. The van der Waals surface area contributed by atoms with Gasteiger partial charge in [0.2, 0.25) is 6.10 Å². The quantitative estimate of drug-likeness (QED) is 0.413. The van der Waals surface area contributed by atoms with Crippen molar-refractivity contribution in [1.82, 2.24) is 0 Å². The van der Waals surface area contributed by atoms with Gasteiger partial charge in [-0.1, -0.05) is 18.2 Å². The summed E-state index contributed by atoms with van der Waals surface area (Å²) in [5, 5.41) is 19.9. The molecule has 0 unspecified atom stereocenters. The molecular weight excluding hydrogens is 340 g/mol. The van der Waals surface area contributed by atoms with Gasteiger partial charge in [-0.05, 0) is 29.8 Å². The summed E-state index contributed by atoms with van der Waals surface area (Å²) in [7, 11) is 1.22. The highest BCUT2D eigenvalue weighted by Crippen LogP contribution is 2.45. The number of para-hydroxylation sites is 1. The second kappa shape index (κ2) is 5.80. The Hall–Kier alpha value is -3.48. The first-order valence-electron chi connectivity index (χ1n) is 7.83. The minimum absolute atomic E-state index is 0.171. The van der Waals surface area contributed by atoms with Crippen LogP contribution in [0.15, 0.2) is 51.7 Å². The Balaban J connectivity index is 1.99. The summed E-state index contributed by atoms with van der Waals surface area (Å²) in [6.07, 6.45) is -1.12. The van der Waals surface area contributed by atoms with Crippen LogP contribution >= 0.6 is 0 Å². The fourth-order valence-corrected chi connectivity index (χ4v) is 3.25. The van der Waals surface area contributed by atoms with Crippen LogP contribution in [0.4, 0.5) is 0 Å². The summed E-state index contributed by atoms with van der Waals surface area (Å²) in [5.74, 6) is -1.94. The number of hydrogen-bond donors (Lipinski definition) is 2. The van der Waals surface area contributed by atoms with Crippen molar-refractivity contribution in [2.45, 2.75) is 12.0 Å². The summed E-state index contributed by atoms with van der Waals surface area (Å²) < 4.78 is 16.0. The number of hydrogen-bond acceptors (Lipinski definition) is 7. The maximum Gasteiger partial charge on any atom is 0.348 e. The monoisotopic (exact) mass is 354 g/mol. The van der Waals surface area contributed by atoms with E-state index in [0.29, 0.717) is 16.5 Å². The molecule has 0 radical (unpaired) electrons. The highest BCUT2D eigenvalue weighted by atomic mass is 16.6. The minimum atomic E-state index is -1.12. The van der Waals surface area contributed by atoms with Crippen LogP contribution < -0.4 is 10.4 Å². The molecule has 7 nitrogen and oxygen atoms in total. The lowest BCUT2D eigenvalue weighted by atomic mass is 9.88. The molecule has 0 saturated carbocycles. The smallest absolute Gasteiger partial charge is 0.348 e. The van der Waals surface area contributed by atoms with Crippen molar-refractivity contribution in [2.75, 3.05) is 7.11 Å². The van der Waals surface area contributed by atoms with Crippen LogP contribution in [0.1, 0.15) is 17.0 Å². The molecule has 2 atom stereocenters. The Labute approximate surface area is 147 Å². The van der Waals surface area contributed by atoms with E-state index < -0.39 is 23.6 Å². The molecule has 0 spiro atoms. The summed E-state index contributed by atoms with van der Waals surface area (Å²) in [5.41, 5.74) is 0.290. The van der Waals surface area contributed by atoms with Crippen LogP contribution in [-0.2, 0) is 9.53 Å². The number of phenols is 2. The Morgan fingerprint density at radius 1 is 1.12 bits per heavy atom. The van der Waals surface area contributed by atoms with Gasteiger partial charge in [-0.25, -0.2) is 9.59 Å². The van der Waals surface area contributed by atoms with E-state index >= 15 is 0 Å². The summed E-state index contributed by atoms with van der Waals surface area (Å²) in [4.78, 5) is 24.9. The van der Waals surface area contributed by atoms with Gasteiger partial charge >= 0.3 is 11.6 Å². The predicted molar refractivity (Wildman–Crippen MR) is 90.5 cm³/mol. The summed E-state index contributed by atoms with van der Waals surface area (Å²) in [6, 6.07) is 10.9. The van der Waals surface area contributed by atoms with Crippen LogP contribution in [0.2, 0.25) is 0 Å². The van der Waals surface area contributed by atoms with Gasteiger partial charge < -0.3 is 24.1 Å². The van der Waals surface area contributed by atoms with Crippen molar-refractivity contribution in [3.63, 3.8) is 0 Å². The van der Waals surface area contributed by atoms with Crippen molar-refractivity contribution in [3.05, 3.63) is 64.0 Å². The fourth-order valence-electron chi connectivity index (χ4n) is 3.25. The average molecular weight is 354 g/mol. The molecule has 1 aliphatic heterocycles. The number of methoxy groups -OCH3 is 1. The number of fused-ring (bicyclic) bond motifs is 3. The Morgan fingerprint density at radius 2 is 1.88 bits per heavy atom. The molecule has 2 aromatic carbocycles. The zero-order valence-corrected chi connectivity index (χ0v) is 13.6. The molecule has 1 aromatic heterocycles. The maximum absolute atomic E-state index is 12.6. The molecule has 132 valence electrons. The lowest BCUT2D eigenvalue weighted by Crippen LogP contribution is -2.31. The molecule has 2 N–H and O–H groups in total. The second-order valence-electron chi connectivity index (χ2n) is 5.92. The van der Waals surface area contributed by atoms with E-state index in [4.69, 9.17) is 13.9 Å². The predicted octanol–water partition coefficient (Wildman–Crippen LogP) is 2.27. The third kappa shape index (κ3) is 2.28. The number of esters is 1. The number of carbonyl (C=O) groups excluding carboxylic acids is 1. The number of phenolic OH excluding ortho intramolecular Hbond substituents is 2. The fraction of sp³-hybridized carbons (Fsp3) is 0.158. The van der Waals surface area contributed by atoms with Crippen molar-refractivity contribution in [2.24, 2.45) is 0 Å². The number of aromatic hydroxyl groups is 2. The molecule has 1 aliphatic rings. The Kier molecular flexibility index (Phi) is 3.57. The molecule has 0 amide bonds.